The number of aliphatic hydroxyl groups excluding tert-OH is 2. The van der Waals surface area contributed by atoms with Gasteiger partial charge in [-0.25, -0.2) is 0 Å². The summed E-state index contributed by atoms with van der Waals surface area (Å²) in [5.74, 6) is 0.544. The fraction of sp³-hybridized carbons (Fsp3) is 1.00. The largest absolute Gasteiger partial charge is 0.396 e. The SMILES string of the molecule is CC1(C)CC(C(CO)CO)CC(C)(C)C1. The van der Waals surface area contributed by atoms with E-state index in [0.717, 1.165) is 12.8 Å². The van der Waals surface area contributed by atoms with E-state index in [1.807, 2.05) is 0 Å². The highest BCUT2D eigenvalue weighted by molar-refractivity contribution is 4.91. The van der Waals surface area contributed by atoms with E-state index in [-0.39, 0.29) is 19.1 Å². The molecule has 0 spiro atoms. The average Bonchev–Trinajstić information content (AvgIpc) is 2.00. The lowest BCUT2D eigenvalue weighted by Crippen LogP contribution is -2.38. The van der Waals surface area contributed by atoms with Gasteiger partial charge in [0.25, 0.3) is 0 Å². The van der Waals surface area contributed by atoms with Crippen LogP contribution >= 0.6 is 0 Å². The molecule has 90 valence electrons. The average molecular weight is 214 g/mol. The molecule has 15 heavy (non-hydrogen) atoms. The van der Waals surface area contributed by atoms with Crippen LogP contribution in [0.5, 0.6) is 0 Å². The number of aliphatic hydroxyl groups is 2. The molecule has 0 atom stereocenters. The van der Waals surface area contributed by atoms with Gasteiger partial charge in [0, 0.05) is 19.1 Å². The molecular formula is C13H26O2. The molecule has 1 aliphatic carbocycles. The molecule has 2 nitrogen and oxygen atoms in total. The molecule has 1 saturated carbocycles. The molecule has 0 radical (unpaired) electrons. The minimum atomic E-state index is 0.0730. The Hall–Kier alpha value is -0.0800. The Morgan fingerprint density at radius 3 is 1.73 bits per heavy atom. The normalized spacial score (nSPS) is 25.8. The topological polar surface area (TPSA) is 40.5 Å². The van der Waals surface area contributed by atoms with E-state index in [2.05, 4.69) is 27.7 Å². The predicted molar refractivity (Wildman–Crippen MR) is 62.6 cm³/mol. The first-order chi connectivity index (χ1) is 6.79. The number of hydrogen-bond donors (Lipinski definition) is 2. The number of hydrogen-bond acceptors (Lipinski definition) is 2. The van der Waals surface area contributed by atoms with E-state index >= 15 is 0 Å². The van der Waals surface area contributed by atoms with Crippen molar-refractivity contribution in [3.05, 3.63) is 0 Å². The van der Waals surface area contributed by atoms with Gasteiger partial charge in [-0.15, -0.1) is 0 Å². The highest BCUT2D eigenvalue weighted by Crippen LogP contribution is 2.50. The monoisotopic (exact) mass is 214 g/mol. The van der Waals surface area contributed by atoms with Gasteiger partial charge in [0.2, 0.25) is 0 Å². The summed E-state index contributed by atoms with van der Waals surface area (Å²) < 4.78 is 0. The van der Waals surface area contributed by atoms with Gasteiger partial charge in [-0.2, -0.15) is 0 Å². The van der Waals surface area contributed by atoms with Crippen LogP contribution in [0.3, 0.4) is 0 Å². The second-order valence-electron chi connectivity index (χ2n) is 6.80. The first kappa shape index (κ1) is 13.0. The van der Waals surface area contributed by atoms with Crippen LogP contribution in [-0.4, -0.2) is 23.4 Å². The third-order valence-corrected chi connectivity index (χ3v) is 3.72. The van der Waals surface area contributed by atoms with Crippen molar-refractivity contribution in [2.75, 3.05) is 13.2 Å². The molecule has 0 unspecified atom stereocenters. The van der Waals surface area contributed by atoms with Crippen molar-refractivity contribution in [1.29, 1.82) is 0 Å². The van der Waals surface area contributed by atoms with E-state index in [1.54, 1.807) is 0 Å². The second-order valence-corrected chi connectivity index (χ2v) is 6.80. The fourth-order valence-corrected chi connectivity index (χ4v) is 3.62. The van der Waals surface area contributed by atoms with Gasteiger partial charge < -0.3 is 10.2 Å². The molecule has 0 saturated heterocycles. The molecule has 0 amide bonds. The molecule has 0 aromatic heterocycles. The van der Waals surface area contributed by atoms with Crippen LogP contribution in [0.4, 0.5) is 0 Å². The van der Waals surface area contributed by atoms with E-state index in [9.17, 15) is 10.2 Å². The first-order valence-electron chi connectivity index (χ1n) is 6.01. The third kappa shape index (κ3) is 3.46. The van der Waals surface area contributed by atoms with E-state index in [1.165, 1.54) is 6.42 Å². The van der Waals surface area contributed by atoms with Gasteiger partial charge in [-0.3, -0.25) is 0 Å². The van der Waals surface area contributed by atoms with Crippen molar-refractivity contribution < 1.29 is 10.2 Å². The Kier molecular flexibility index (Phi) is 3.83. The van der Waals surface area contributed by atoms with Gasteiger partial charge in [0.05, 0.1) is 0 Å². The molecule has 1 rings (SSSR count). The highest BCUT2D eigenvalue weighted by atomic mass is 16.3. The lowest BCUT2D eigenvalue weighted by molar-refractivity contribution is 0.00434. The Labute approximate surface area is 93.7 Å². The van der Waals surface area contributed by atoms with Crippen LogP contribution in [0.2, 0.25) is 0 Å². The van der Waals surface area contributed by atoms with Crippen LogP contribution in [0, 0.1) is 22.7 Å². The summed E-state index contributed by atoms with van der Waals surface area (Å²) in [5.41, 5.74) is 0.685. The van der Waals surface area contributed by atoms with Gasteiger partial charge >= 0.3 is 0 Å². The molecule has 1 fully saturated rings. The molecule has 0 bridgehead atoms. The van der Waals surface area contributed by atoms with Gasteiger partial charge in [-0.05, 0) is 36.0 Å². The van der Waals surface area contributed by atoms with E-state index in [4.69, 9.17) is 0 Å². The molecule has 1 aliphatic rings. The minimum Gasteiger partial charge on any atom is -0.396 e. The lowest BCUT2D eigenvalue weighted by Gasteiger charge is -2.47. The predicted octanol–water partition coefficient (Wildman–Crippen LogP) is 2.44. The van der Waals surface area contributed by atoms with Crippen LogP contribution in [0.15, 0.2) is 0 Å². The lowest BCUT2D eigenvalue weighted by atomic mass is 9.59. The summed E-state index contributed by atoms with van der Waals surface area (Å²) in [7, 11) is 0. The zero-order chi connectivity index (χ0) is 11.7. The van der Waals surface area contributed by atoms with Crippen LogP contribution in [-0.2, 0) is 0 Å². The van der Waals surface area contributed by atoms with Crippen molar-refractivity contribution in [3.8, 4) is 0 Å². The standard InChI is InChI=1S/C13H26O2/c1-12(2)5-10(11(7-14)8-15)6-13(3,4)9-12/h10-11,14-15H,5-9H2,1-4H3. The van der Waals surface area contributed by atoms with Crippen molar-refractivity contribution in [2.24, 2.45) is 22.7 Å². The number of rotatable bonds is 3. The Morgan fingerprint density at radius 2 is 1.40 bits per heavy atom. The molecule has 2 heteroatoms. The van der Waals surface area contributed by atoms with Crippen LogP contribution in [0.25, 0.3) is 0 Å². The molecular weight excluding hydrogens is 188 g/mol. The van der Waals surface area contributed by atoms with E-state index in [0.29, 0.717) is 16.7 Å². The quantitative estimate of drug-likeness (QED) is 0.757. The zero-order valence-corrected chi connectivity index (χ0v) is 10.6. The summed E-state index contributed by atoms with van der Waals surface area (Å²) in [4.78, 5) is 0. The summed E-state index contributed by atoms with van der Waals surface area (Å²) >= 11 is 0. The minimum absolute atomic E-state index is 0.0730. The van der Waals surface area contributed by atoms with E-state index < -0.39 is 0 Å². The Bertz CT molecular complexity index is 189. The van der Waals surface area contributed by atoms with Gasteiger partial charge in [0.15, 0.2) is 0 Å². The third-order valence-electron chi connectivity index (χ3n) is 3.72. The molecule has 0 heterocycles. The Morgan fingerprint density at radius 1 is 1.00 bits per heavy atom. The summed E-state index contributed by atoms with van der Waals surface area (Å²) in [6, 6.07) is 0. The van der Waals surface area contributed by atoms with Crippen molar-refractivity contribution in [3.63, 3.8) is 0 Å². The maximum atomic E-state index is 9.26. The smallest absolute Gasteiger partial charge is 0.0483 e. The Balaban J connectivity index is 2.74. The van der Waals surface area contributed by atoms with Crippen LogP contribution < -0.4 is 0 Å². The summed E-state index contributed by atoms with van der Waals surface area (Å²) in [5, 5.41) is 18.5. The molecule has 2 N–H and O–H groups in total. The second kappa shape index (κ2) is 4.42. The first-order valence-corrected chi connectivity index (χ1v) is 6.01. The molecule has 0 aromatic carbocycles. The van der Waals surface area contributed by atoms with Gasteiger partial charge in [-0.1, -0.05) is 27.7 Å². The van der Waals surface area contributed by atoms with Crippen molar-refractivity contribution in [2.45, 2.75) is 47.0 Å². The molecule has 0 aliphatic heterocycles. The zero-order valence-electron chi connectivity index (χ0n) is 10.6. The maximum absolute atomic E-state index is 9.26. The molecule has 0 aromatic rings. The van der Waals surface area contributed by atoms with Crippen LogP contribution in [0.1, 0.15) is 47.0 Å². The van der Waals surface area contributed by atoms with Crippen molar-refractivity contribution >= 4 is 0 Å². The van der Waals surface area contributed by atoms with Crippen molar-refractivity contribution in [1.82, 2.24) is 0 Å². The summed E-state index contributed by atoms with van der Waals surface area (Å²) in [6.07, 6.45) is 3.49. The summed E-state index contributed by atoms with van der Waals surface area (Å²) in [6.45, 7) is 9.43. The maximum Gasteiger partial charge on any atom is 0.0483 e. The highest BCUT2D eigenvalue weighted by Gasteiger charge is 2.40. The van der Waals surface area contributed by atoms with Gasteiger partial charge in [0.1, 0.15) is 0 Å². The fourth-order valence-electron chi connectivity index (χ4n) is 3.62.